The van der Waals surface area contributed by atoms with E-state index < -0.39 is 0 Å². The van der Waals surface area contributed by atoms with Gasteiger partial charge in [0.1, 0.15) is 11.6 Å². The molecular formula is C25H32N6O3. The van der Waals surface area contributed by atoms with Gasteiger partial charge in [-0.05, 0) is 31.9 Å². The molecule has 9 heteroatoms. The molecule has 3 saturated heterocycles. The molecule has 3 aliphatic rings. The van der Waals surface area contributed by atoms with Crippen molar-refractivity contribution in [2.45, 2.75) is 26.2 Å². The number of hydrogen-bond acceptors (Lipinski definition) is 7. The number of carbonyl (C=O) groups excluding carboxylic acids is 2. The molecule has 34 heavy (non-hydrogen) atoms. The van der Waals surface area contributed by atoms with E-state index in [2.05, 4.69) is 14.8 Å². The summed E-state index contributed by atoms with van der Waals surface area (Å²) in [6.45, 7) is 7.15. The van der Waals surface area contributed by atoms with Crippen LogP contribution in [0.5, 0.6) is 5.75 Å². The minimum Gasteiger partial charge on any atom is -0.497 e. The van der Waals surface area contributed by atoms with Crippen LogP contribution >= 0.6 is 0 Å². The average Bonchev–Trinajstić information content (AvgIpc) is 3.54. The number of benzene rings is 1. The fraction of sp³-hybridized carbons (Fsp3) is 0.520. The van der Waals surface area contributed by atoms with Crippen LogP contribution < -0.4 is 19.4 Å². The SMILES string of the molecule is COc1cccc(N2CC(C(=O)N3CCN(c4cc(C)nc(N5CCCC5)n4)CC3)CC2=O)c1. The van der Waals surface area contributed by atoms with Crippen LogP contribution in [0.3, 0.4) is 0 Å². The number of aromatic nitrogens is 2. The van der Waals surface area contributed by atoms with Gasteiger partial charge >= 0.3 is 0 Å². The fourth-order valence-electron chi connectivity index (χ4n) is 5.07. The Hall–Kier alpha value is -3.36. The van der Waals surface area contributed by atoms with Gasteiger partial charge in [0.15, 0.2) is 0 Å². The fourth-order valence-corrected chi connectivity index (χ4v) is 5.07. The molecule has 4 heterocycles. The molecule has 3 aliphatic heterocycles. The zero-order valence-corrected chi connectivity index (χ0v) is 19.9. The lowest BCUT2D eigenvalue weighted by molar-refractivity contribution is -0.136. The maximum Gasteiger partial charge on any atom is 0.228 e. The molecule has 180 valence electrons. The highest BCUT2D eigenvalue weighted by Gasteiger charge is 2.38. The lowest BCUT2D eigenvalue weighted by atomic mass is 10.1. The summed E-state index contributed by atoms with van der Waals surface area (Å²) in [5.74, 6) is 2.18. The van der Waals surface area contributed by atoms with Crippen LogP contribution in [-0.4, -0.2) is 79.6 Å². The van der Waals surface area contributed by atoms with Crippen molar-refractivity contribution in [2.75, 3.05) is 67.6 Å². The topological polar surface area (TPSA) is 82.1 Å². The molecule has 0 spiro atoms. The van der Waals surface area contributed by atoms with Gasteiger partial charge < -0.3 is 24.3 Å². The maximum absolute atomic E-state index is 13.2. The van der Waals surface area contributed by atoms with Gasteiger partial charge in [-0.25, -0.2) is 4.98 Å². The first-order chi connectivity index (χ1) is 16.5. The minimum absolute atomic E-state index is 0.0175. The van der Waals surface area contributed by atoms with Crippen molar-refractivity contribution in [1.82, 2.24) is 14.9 Å². The van der Waals surface area contributed by atoms with Crippen LogP contribution in [0, 0.1) is 12.8 Å². The number of nitrogens with zero attached hydrogens (tertiary/aromatic N) is 6. The molecule has 9 nitrogen and oxygen atoms in total. The van der Waals surface area contributed by atoms with E-state index in [0.717, 1.165) is 49.3 Å². The molecule has 2 amide bonds. The van der Waals surface area contributed by atoms with Gasteiger partial charge in [0.05, 0.1) is 13.0 Å². The van der Waals surface area contributed by atoms with Crippen LogP contribution in [0.1, 0.15) is 25.0 Å². The molecule has 5 rings (SSSR count). The number of anilines is 3. The summed E-state index contributed by atoms with van der Waals surface area (Å²) in [7, 11) is 1.60. The Labute approximate surface area is 200 Å². The third-order valence-corrected chi connectivity index (χ3v) is 6.97. The Bertz CT molecular complexity index is 1060. The van der Waals surface area contributed by atoms with Crippen molar-refractivity contribution in [3.05, 3.63) is 36.0 Å². The van der Waals surface area contributed by atoms with Crippen LogP contribution in [0.2, 0.25) is 0 Å². The Morgan fingerprint density at radius 2 is 1.76 bits per heavy atom. The number of ether oxygens (including phenoxy) is 1. The van der Waals surface area contributed by atoms with E-state index in [1.165, 1.54) is 12.8 Å². The van der Waals surface area contributed by atoms with Crippen molar-refractivity contribution >= 4 is 29.3 Å². The molecule has 1 atom stereocenters. The zero-order chi connectivity index (χ0) is 23.7. The predicted octanol–water partition coefficient (Wildman–Crippen LogP) is 2.10. The third kappa shape index (κ3) is 4.51. The van der Waals surface area contributed by atoms with E-state index in [0.29, 0.717) is 25.4 Å². The number of methoxy groups -OCH3 is 1. The number of aryl methyl sites for hydroxylation is 1. The van der Waals surface area contributed by atoms with Gasteiger partial charge in [0.25, 0.3) is 0 Å². The molecule has 2 aromatic rings. The average molecular weight is 465 g/mol. The maximum atomic E-state index is 13.2. The Kier molecular flexibility index (Phi) is 6.26. The second-order valence-corrected chi connectivity index (χ2v) is 9.28. The molecule has 0 saturated carbocycles. The van der Waals surface area contributed by atoms with Crippen LogP contribution in [0.15, 0.2) is 30.3 Å². The summed E-state index contributed by atoms with van der Waals surface area (Å²) in [4.78, 5) is 43.5. The van der Waals surface area contributed by atoms with Crippen LogP contribution in [-0.2, 0) is 9.59 Å². The largest absolute Gasteiger partial charge is 0.497 e. The van der Waals surface area contributed by atoms with E-state index in [4.69, 9.17) is 9.72 Å². The molecule has 1 unspecified atom stereocenters. The summed E-state index contributed by atoms with van der Waals surface area (Å²) in [5.41, 5.74) is 1.74. The summed E-state index contributed by atoms with van der Waals surface area (Å²) >= 11 is 0. The first-order valence-corrected chi connectivity index (χ1v) is 12.1. The second-order valence-electron chi connectivity index (χ2n) is 9.28. The molecule has 0 radical (unpaired) electrons. The quantitative estimate of drug-likeness (QED) is 0.670. The lowest BCUT2D eigenvalue weighted by Crippen LogP contribution is -2.51. The van der Waals surface area contributed by atoms with E-state index >= 15 is 0 Å². The molecule has 1 aromatic carbocycles. The highest BCUT2D eigenvalue weighted by Crippen LogP contribution is 2.29. The minimum atomic E-state index is -0.312. The summed E-state index contributed by atoms with van der Waals surface area (Å²) in [5, 5.41) is 0. The monoisotopic (exact) mass is 464 g/mol. The molecule has 1 aromatic heterocycles. The van der Waals surface area contributed by atoms with Crippen molar-refractivity contribution in [2.24, 2.45) is 5.92 Å². The van der Waals surface area contributed by atoms with Gasteiger partial charge in [-0.1, -0.05) is 6.07 Å². The van der Waals surface area contributed by atoms with Crippen molar-refractivity contribution in [3.8, 4) is 5.75 Å². The second kappa shape index (κ2) is 9.48. The number of hydrogen-bond donors (Lipinski definition) is 0. The Balaban J connectivity index is 1.21. The van der Waals surface area contributed by atoms with Gasteiger partial charge in [0, 0.05) is 75.7 Å². The first-order valence-electron chi connectivity index (χ1n) is 12.1. The summed E-state index contributed by atoms with van der Waals surface area (Å²) in [6, 6.07) is 9.45. The van der Waals surface area contributed by atoms with Gasteiger partial charge in [0.2, 0.25) is 17.8 Å². The van der Waals surface area contributed by atoms with Gasteiger partial charge in [-0.3, -0.25) is 9.59 Å². The smallest absolute Gasteiger partial charge is 0.228 e. The summed E-state index contributed by atoms with van der Waals surface area (Å²) in [6.07, 6.45) is 2.62. The molecule has 3 fully saturated rings. The number of amides is 2. The van der Waals surface area contributed by atoms with Gasteiger partial charge in [-0.2, -0.15) is 4.98 Å². The van der Waals surface area contributed by atoms with Crippen molar-refractivity contribution in [3.63, 3.8) is 0 Å². The van der Waals surface area contributed by atoms with Crippen molar-refractivity contribution in [1.29, 1.82) is 0 Å². The van der Waals surface area contributed by atoms with E-state index in [1.54, 1.807) is 12.0 Å². The normalized spacial score (nSPS) is 20.9. The van der Waals surface area contributed by atoms with E-state index in [1.807, 2.05) is 42.2 Å². The molecule has 0 aliphatic carbocycles. The van der Waals surface area contributed by atoms with Crippen LogP contribution in [0.4, 0.5) is 17.5 Å². The highest BCUT2D eigenvalue weighted by molar-refractivity contribution is 6.00. The molecule has 0 N–H and O–H groups in total. The lowest BCUT2D eigenvalue weighted by Gasteiger charge is -2.36. The Morgan fingerprint density at radius 1 is 1.00 bits per heavy atom. The number of rotatable bonds is 5. The first kappa shape index (κ1) is 22.4. The Morgan fingerprint density at radius 3 is 2.50 bits per heavy atom. The number of carbonyl (C=O) groups is 2. The highest BCUT2D eigenvalue weighted by atomic mass is 16.5. The van der Waals surface area contributed by atoms with E-state index in [9.17, 15) is 9.59 Å². The van der Waals surface area contributed by atoms with Crippen molar-refractivity contribution < 1.29 is 14.3 Å². The molecular weight excluding hydrogens is 432 g/mol. The zero-order valence-electron chi connectivity index (χ0n) is 19.9. The summed E-state index contributed by atoms with van der Waals surface area (Å²) < 4.78 is 5.28. The molecule has 0 bridgehead atoms. The van der Waals surface area contributed by atoms with Crippen LogP contribution in [0.25, 0.3) is 0 Å². The standard InChI is InChI=1S/C25H32N6O3/c1-18-14-22(27-25(26-18)30-8-3-4-9-30)28-10-12-29(13-11-28)24(33)19-15-23(32)31(17-19)20-6-5-7-21(16-20)34-2/h5-7,14,16,19H,3-4,8-13,15,17H2,1-2H3. The van der Waals surface area contributed by atoms with E-state index in [-0.39, 0.29) is 24.2 Å². The van der Waals surface area contributed by atoms with Gasteiger partial charge in [-0.15, -0.1) is 0 Å². The predicted molar refractivity (Wildman–Crippen MR) is 130 cm³/mol. The number of piperazine rings is 1. The third-order valence-electron chi connectivity index (χ3n) is 6.97.